The summed E-state index contributed by atoms with van der Waals surface area (Å²) in [6.07, 6.45) is -3.56. The van der Waals surface area contributed by atoms with Gasteiger partial charge in [-0.2, -0.15) is 13.2 Å². The van der Waals surface area contributed by atoms with Crippen molar-refractivity contribution in [3.8, 4) is 17.1 Å². The summed E-state index contributed by atoms with van der Waals surface area (Å²) >= 11 is 0. The molecule has 0 atom stereocenters. The monoisotopic (exact) mass is 503 g/mol. The van der Waals surface area contributed by atoms with Crippen LogP contribution in [0.1, 0.15) is 35.6 Å². The van der Waals surface area contributed by atoms with E-state index in [1.54, 1.807) is 0 Å². The number of hydrogen-bond acceptors (Lipinski definition) is 4. The second-order valence-electron chi connectivity index (χ2n) is 8.81. The number of benzene rings is 3. The van der Waals surface area contributed by atoms with Gasteiger partial charge in [-0.25, -0.2) is 9.98 Å². The minimum atomic E-state index is -4.50. The summed E-state index contributed by atoms with van der Waals surface area (Å²) in [5.74, 6) is 1.15. The van der Waals surface area contributed by atoms with E-state index >= 15 is 0 Å². The van der Waals surface area contributed by atoms with E-state index in [1.807, 2.05) is 61.5 Å². The maximum atomic E-state index is 13.4. The molecule has 1 aliphatic heterocycles. The van der Waals surface area contributed by atoms with Gasteiger partial charge in [0.15, 0.2) is 5.82 Å². The van der Waals surface area contributed by atoms with Crippen molar-refractivity contribution in [3.05, 3.63) is 111 Å². The van der Waals surface area contributed by atoms with Crippen molar-refractivity contribution >= 4 is 11.5 Å². The summed E-state index contributed by atoms with van der Waals surface area (Å²) in [7, 11) is 0. The zero-order chi connectivity index (χ0) is 26.0. The number of nitrogens with zero attached hydrogens (tertiary/aromatic N) is 3. The lowest BCUT2D eigenvalue weighted by Crippen LogP contribution is -2.26. The van der Waals surface area contributed by atoms with Gasteiger partial charge in [0.1, 0.15) is 18.2 Å². The molecule has 0 fully saturated rings. The first-order chi connectivity index (χ1) is 17.8. The topological polar surface area (TPSA) is 56.5 Å². The molecule has 0 amide bonds. The maximum Gasteiger partial charge on any atom is 0.416 e. The summed E-state index contributed by atoms with van der Waals surface area (Å²) in [6, 6.07) is 22.2. The Balaban J connectivity index is 1.44. The van der Waals surface area contributed by atoms with E-state index in [2.05, 4.69) is 9.98 Å². The van der Waals surface area contributed by atoms with Crippen LogP contribution < -0.4 is 10.3 Å². The van der Waals surface area contributed by atoms with Crippen molar-refractivity contribution in [1.29, 1.82) is 0 Å². The fourth-order valence-corrected chi connectivity index (χ4v) is 4.30. The van der Waals surface area contributed by atoms with Crippen molar-refractivity contribution in [2.45, 2.75) is 39.1 Å². The molecule has 5 nitrogen and oxygen atoms in total. The average Bonchev–Trinajstić information content (AvgIpc) is 3.34. The molecule has 0 unspecified atom stereocenters. The zero-order valence-corrected chi connectivity index (χ0v) is 20.1. The molecule has 0 bridgehead atoms. The van der Waals surface area contributed by atoms with Crippen LogP contribution >= 0.6 is 0 Å². The lowest BCUT2D eigenvalue weighted by molar-refractivity contribution is -0.137. The molecule has 8 heteroatoms. The molecule has 3 aromatic carbocycles. The molecule has 188 valence electrons. The summed E-state index contributed by atoms with van der Waals surface area (Å²) in [5, 5.41) is 0. The molecular formula is C29H24F3N3O2. The summed E-state index contributed by atoms with van der Waals surface area (Å²) < 4.78 is 47.2. The van der Waals surface area contributed by atoms with Gasteiger partial charge in [0.25, 0.3) is 5.56 Å². The fourth-order valence-electron chi connectivity index (χ4n) is 4.30. The Morgan fingerprint density at radius 2 is 1.70 bits per heavy atom. The van der Waals surface area contributed by atoms with Crippen molar-refractivity contribution in [1.82, 2.24) is 9.55 Å². The maximum absolute atomic E-state index is 13.4. The van der Waals surface area contributed by atoms with Crippen molar-refractivity contribution in [3.63, 3.8) is 0 Å². The molecule has 0 N–H and O–H groups in total. The Morgan fingerprint density at radius 3 is 2.41 bits per heavy atom. The predicted octanol–water partition coefficient (Wildman–Crippen LogP) is 6.60. The van der Waals surface area contributed by atoms with Gasteiger partial charge in [-0.15, -0.1) is 0 Å². The van der Waals surface area contributed by atoms with Crippen LogP contribution in [-0.4, -0.2) is 15.3 Å². The van der Waals surface area contributed by atoms with Gasteiger partial charge in [-0.05, 0) is 53.9 Å². The normalized spacial score (nSPS) is 12.8. The third-order valence-electron chi connectivity index (χ3n) is 6.16. The molecule has 0 aliphatic carbocycles. The SMILES string of the molecule is CCCn1c(-c2cccc(C(F)(F)F)c2)nc2c(c1=O)CC(c1ccc(OCc3ccccc3)cc1)=N2. The number of alkyl halides is 3. The van der Waals surface area contributed by atoms with E-state index in [1.165, 1.54) is 16.7 Å². The van der Waals surface area contributed by atoms with Crippen LogP contribution in [0.15, 0.2) is 88.6 Å². The Labute approximate surface area is 211 Å². The van der Waals surface area contributed by atoms with Crippen LogP contribution in [0.2, 0.25) is 0 Å². The number of halogens is 3. The van der Waals surface area contributed by atoms with E-state index in [0.29, 0.717) is 43.0 Å². The van der Waals surface area contributed by atoms with E-state index in [-0.39, 0.29) is 22.8 Å². The first-order valence-corrected chi connectivity index (χ1v) is 12.0. The number of fused-ring (bicyclic) bond motifs is 1. The highest BCUT2D eigenvalue weighted by molar-refractivity contribution is 6.06. The quantitative estimate of drug-likeness (QED) is 0.286. The average molecular weight is 504 g/mol. The van der Waals surface area contributed by atoms with Crippen molar-refractivity contribution in [2.24, 2.45) is 4.99 Å². The predicted molar refractivity (Wildman–Crippen MR) is 136 cm³/mol. The van der Waals surface area contributed by atoms with Gasteiger partial charge in [-0.1, -0.05) is 49.4 Å². The smallest absolute Gasteiger partial charge is 0.416 e. The van der Waals surface area contributed by atoms with Gasteiger partial charge in [0, 0.05) is 18.5 Å². The van der Waals surface area contributed by atoms with Gasteiger partial charge >= 0.3 is 6.18 Å². The first-order valence-electron chi connectivity index (χ1n) is 12.0. The summed E-state index contributed by atoms with van der Waals surface area (Å²) in [6.45, 7) is 2.69. The molecule has 1 aliphatic rings. The number of rotatable bonds is 7. The van der Waals surface area contributed by atoms with Gasteiger partial charge in [0.05, 0.1) is 16.8 Å². The zero-order valence-electron chi connectivity index (χ0n) is 20.1. The Hall–Kier alpha value is -4.20. The van der Waals surface area contributed by atoms with Crippen LogP contribution in [0.4, 0.5) is 19.0 Å². The lowest BCUT2D eigenvalue weighted by Gasteiger charge is -2.14. The van der Waals surface area contributed by atoms with E-state index in [4.69, 9.17) is 4.74 Å². The van der Waals surface area contributed by atoms with Crippen LogP contribution in [0.25, 0.3) is 11.4 Å². The van der Waals surface area contributed by atoms with Gasteiger partial charge in [0.2, 0.25) is 0 Å². The number of aliphatic imine (C=N–C) groups is 1. The standard InChI is InChI=1S/C29H24F3N3O2/c1-2-15-35-27(21-9-6-10-22(16-21)29(30,31)32)34-26-24(28(35)36)17-25(33-26)20-11-13-23(14-12-20)37-18-19-7-4-3-5-8-19/h3-14,16H,2,15,17-18H2,1H3. The summed E-state index contributed by atoms with van der Waals surface area (Å²) in [5.41, 5.74) is 2.18. The largest absolute Gasteiger partial charge is 0.489 e. The molecule has 2 heterocycles. The molecule has 0 radical (unpaired) electrons. The second-order valence-corrected chi connectivity index (χ2v) is 8.81. The van der Waals surface area contributed by atoms with Crippen LogP contribution in [-0.2, 0) is 25.7 Å². The minimum Gasteiger partial charge on any atom is -0.489 e. The lowest BCUT2D eigenvalue weighted by atomic mass is 10.1. The highest BCUT2D eigenvalue weighted by Gasteiger charge is 2.31. The van der Waals surface area contributed by atoms with E-state index in [0.717, 1.165) is 23.3 Å². The van der Waals surface area contributed by atoms with Crippen LogP contribution in [0.3, 0.4) is 0 Å². The molecule has 5 rings (SSSR count). The van der Waals surface area contributed by atoms with Gasteiger partial charge in [-0.3, -0.25) is 9.36 Å². The third kappa shape index (κ3) is 5.18. The number of ether oxygens (including phenoxy) is 1. The molecule has 4 aromatic rings. The highest BCUT2D eigenvalue weighted by Crippen LogP contribution is 2.33. The van der Waals surface area contributed by atoms with E-state index in [9.17, 15) is 18.0 Å². The molecule has 1 aromatic heterocycles. The van der Waals surface area contributed by atoms with Crippen molar-refractivity contribution in [2.75, 3.05) is 0 Å². The van der Waals surface area contributed by atoms with Crippen molar-refractivity contribution < 1.29 is 17.9 Å². The number of hydrogen-bond donors (Lipinski definition) is 0. The number of aromatic nitrogens is 2. The molecule has 37 heavy (non-hydrogen) atoms. The molecular weight excluding hydrogens is 479 g/mol. The Kier molecular flexibility index (Phi) is 6.65. The van der Waals surface area contributed by atoms with E-state index < -0.39 is 11.7 Å². The minimum absolute atomic E-state index is 0.186. The molecule has 0 spiro atoms. The highest BCUT2D eigenvalue weighted by atomic mass is 19.4. The molecule has 0 saturated heterocycles. The molecule has 0 saturated carbocycles. The van der Waals surface area contributed by atoms with Crippen LogP contribution in [0.5, 0.6) is 5.75 Å². The Bertz CT molecular complexity index is 1510. The summed E-state index contributed by atoms with van der Waals surface area (Å²) in [4.78, 5) is 22.5. The fraction of sp³-hybridized carbons (Fsp3) is 0.207. The first kappa shape index (κ1) is 24.5. The Morgan fingerprint density at radius 1 is 0.946 bits per heavy atom. The second kappa shape index (κ2) is 10.0. The van der Waals surface area contributed by atoms with Crippen LogP contribution in [0, 0.1) is 0 Å². The third-order valence-corrected chi connectivity index (χ3v) is 6.16. The van der Waals surface area contributed by atoms with Gasteiger partial charge < -0.3 is 4.74 Å².